The van der Waals surface area contributed by atoms with Gasteiger partial charge in [0.1, 0.15) is 11.5 Å². The number of furan rings is 1. The van der Waals surface area contributed by atoms with Gasteiger partial charge in [-0.25, -0.2) is 5.43 Å². The summed E-state index contributed by atoms with van der Waals surface area (Å²) in [6.07, 6.45) is -0.0516. The molecule has 0 aliphatic heterocycles. The first-order valence-electron chi connectivity index (χ1n) is 8.37. The summed E-state index contributed by atoms with van der Waals surface area (Å²) in [7, 11) is 0. The van der Waals surface area contributed by atoms with Crippen LogP contribution in [-0.4, -0.2) is 22.2 Å². The summed E-state index contributed by atoms with van der Waals surface area (Å²) < 4.78 is 5.63. The van der Waals surface area contributed by atoms with Crippen LogP contribution in [0.25, 0.3) is 11.3 Å². The largest absolute Gasteiger partial charge is 0.455 e. The van der Waals surface area contributed by atoms with Crippen LogP contribution in [0.15, 0.2) is 70.2 Å². The number of carbonyl (C=O) groups excluding carboxylic acids is 1. The molecule has 0 radical (unpaired) electrons. The second-order valence-electron chi connectivity index (χ2n) is 6.01. The highest BCUT2D eigenvalue weighted by Crippen LogP contribution is 2.28. The lowest BCUT2D eigenvalue weighted by atomic mass is 10.1. The summed E-state index contributed by atoms with van der Waals surface area (Å²) in [5.74, 6) is 0.109. The van der Waals surface area contributed by atoms with Crippen LogP contribution in [0.5, 0.6) is 0 Å². The van der Waals surface area contributed by atoms with E-state index in [0.29, 0.717) is 22.6 Å². The molecule has 0 bridgehead atoms. The molecule has 0 unspecified atom stereocenters. The van der Waals surface area contributed by atoms with Gasteiger partial charge in [0.2, 0.25) is 0 Å². The Morgan fingerprint density at radius 1 is 1.21 bits per heavy atom. The van der Waals surface area contributed by atoms with Crippen molar-refractivity contribution in [1.29, 1.82) is 0 Å². The Hall–Kier alpha value is -3.78. The Labute approximate surface area is 160 Å². The van der Waals surface area contributed by atoms with Crippen molar-refractivity contribution in [3.63, 3.8) is 0 Å². The number of nitrogens with one attached hydrogen (secondary N) is 1. The van der Waals surface area contributed by atoms with E-state index in [2.05, 4.69) is 10.5 Å². The first-order valence-corrected chi connectivity index (χ1v) is 8.37. The zero-order chi connectivity index (χ0) is 20.1. The SMILES string of the molecule is Cc1ccc([N+](=O)[O-])cc1-c1ccc(/C=N\NC(=O)[C@H](O)c2ccccc2)o1. The molecule has 3 aromatic rings. The Morgan fingerprint density at radius 2 is 1.96 bits per heavy atom. The number of nitro benzene ring substituents is 1. The Kier molecular flexibility index (Phi) is 5.61. The third-order valence-electron chi connectivity index (χ3n) is 4.05. The average Bonchev–Trinajstić information content (AvgIpc) is 3.16. The quantitative estimate of drug-likeness (QED) is 0.387. The maximum absolute atomic E-state index is 11.9. The minimum absolute atomic E-state index is 0.0330. The molecular formula is C20H17N3O5. The van der Waals surface area contributed by atoms with Gasteiger partial charge in [0.25, 0.3) is 11.6 Å². The molecule has 8 heteroatoms. The Balaban J connectivity index is 1.69. The van der Waals surface area contributed by atoms with Crippen LogP contribution in [0.3, 0.4) is 0 Å². The van der Waals surface area contributed by atoms with Crippen molar-refractivity contribution in [2.75, 3.05) is 0 Å². The van der Waals surface area contributed by atoms with E-state index < -0.39 is 16.9 Å². The van der Waals surface area contributed by atoms with Gasteiger partial charge in [-0.1, -0.05) is 36.4 Å². The first-order chi connectivity index (χ1) is 13.5. The van der Waals surface area contributed by atoms with Crippen molar-refractivity contribution in [1.82, 2.24) is 5.43 Å². The van der Waals surface area contributed by atoms with Crippen LogP contribution < -0.4 is 5.43 Å². The van der Waals surface area contributed by atoms with Gasteiger partial charge in [-0.2, -0.15) is 5.10 Å². The standard InChI is InChI=1S/C20H17N3O5/c1-13-7-8-15(23(26)27)11-17(13)18-10-9-16(28-18)12-21-22-20(25)19(24)14-5-3-2-4-6-14/h2-12,19,24H,1H3,(H,22,25)/b21-12-/t19-/m1/s1. The lowest BCUT2D eigenvalue weighted by Crippen LogP contribution is -2.25. The van der Waals surface area contributed by atoms with Crippen LogP contribution in [0.1, 0.15) is 23.0 Å². The van der Waals surface area contributed by atoms with E-state index in [9.17, 15) is 20.0 Å². The van der Waals surface area contributed by atoms with E-state index in [0.717, 1.165) is 5.56 Å². The third kappa shape index (κ3) is 4.30. The highest BCUT2D eigenvalue weighted by Gasteiger charge is 2.16. The van der Waals surface area contributed by atoms with Gasteiger partial charge in [0.15, 0.2) is 6.10 Å². The number of hydrogen-bond acceptors (Lipinski definition) is 6. The number of hydrazone groups is 1. The smallest absolute Gasteiger partial charge is 0.273 e. The highest BCUT2D eigenvalue weighted by molar-refractivity contribution is 5.84. The number of non-ortho nitro benzene ring substituents is 1. The summed E-state index contributed by atoms with van der Waals surface area (Å²) in [6.45, 7) is 1.82. The van der Waals surface area contributed by atoms with Crippen LogP contribution in [0.4, 0.5) is 5.69 Å². The number of benzene rings is 2. The summed E-state index contributed by atoms with van der Waals surface area (Å²) in [4.78, 5) is 22.4. The number of nitrogens with zero attached hydrogens (tertiary/aromatic N) is 2. The summed E-state index contributed by atoms with van der Waals surface area (Å²) in [5.41, 5.74) is 4.08. The van der Waals surface area contributed by atoms with E-state index >= 15 is 0 Å². The van der Waals surface area contributed by atoms with Crippen molar-refractivity contribution in [2.45, 2.75) is 13.0 Å². The van der Waals surface area contributed by atoms with E-state index in [1.807, 2.05) is 6.92 Å². The highest BCUT2D eigenvalue weighted by atomic mass is 16.6. The van der Waals surface area contributed by atoms with Gasteiger partial charge in [-0.05, 0) is 30.2 Å². The van der Waals surface area contributed by atoms with Crippen molar-refractivity contribution in [2.24, 2.45) is 5.10 Å². The molecule has 0 saturated carbocycles. The van der Waals surface area contributed by atoms with Gasteiger partial charge in [0, 0.05) is 17.7 Å². The fourth-order valence-corrected chi connectivity index (χ4v) is 2.56. The molecule has 28 heavy (non-hydrogen) atoms. The van der Waals surface area contributed by atoms with Crippen LogP contribution >= 0.6 is 0 Å². The summed E-state index contributed by atoms with van der Waals surface area (Å²) in [6, 6.07) is 16.3. The molecule has 0 spiro atoms. The molecular weight excluding hydrogens is 362 g/mol. The van der Waals surface area contributed by atoms with Gasteiger partial charge < -0.3 is 9.52 Å². The van der Waals surface area contributed by atoms with Crippen LogP contribution in [-0.2, 0) is 4.79 Å². The topological polar surface area (TPSA) is 118 Å². The predicted molar refractivity (Wildman–Crippen MR) is 103 cm³/mol. The molecule has 1 heterocycles. The molecule has 0 fully saturated rings. The Morgan fingerprint density at radius 3 is 2.68 bits per heavy atom. The number of carbonyl (C=O) groups is 1. The van der Waals surface area contributed by atoms with E-state index in [1.165, 1.54) is 18.3 Å². The van der Waals surface area contributed by atoms with Gasteiger partial charge in [0.05, 0.1) is 11.1 Å². The van der Waals surface area contributed by atoms with Crippen molar-refractivity contribution in [3.05, 3.63) is 87.7 Å². The van der Waals surface area contributed by atoms with E-state index in [4.69, 9.17) is 4.42 Å². The molecule has 0 aliphatic rings. The average molecular weight is 379 g/mol. The third-order valence-corrected chi connectivity index (χ3v) is 4.05. The Bertz CT molecular complexity index is 1030. The van der Waals surface area contributed by atoms with Crippen LogP contribution in [0.2, 0.25) is 0 Å². The maximum atomic E-state index is 11.9. The number of nitro groups is 1. The maximum Gasteiger partial charge on any atom is 0.273 e. The number of amides is 1. The molecule has 1 aromatic heterocycles. The fourth-order valence-electron chi connectivity index (χ4n) is 2.56. The zero-order valence-corrected chi connectivity index (χ0v) is 14.9. The number of aliphatic hydroxyl groups excluding tert-OH is 1. The number of rotatable bonds is 6. The van der Waals surface area contributed by atoms with Gasteiger partial charge in [-0.15, -0.1) is 0 Å². The van der Waals surface area contributed by atoms with Gasteiger partial charge in [-0.3, -0.25) is 14.9 Å². The summed E-state index contributed by atoms with van der Waals surface area (Å²) >= 11 is 0. The van der Waals surface area contributed by atoms with E-state index in [1.54, 1.807) is 48.5 Å². The molecule has 142 valence electrons. The number of aliphatic hydroxyl groups is 1. The van der Waals surface area contributed by atoms with Crippen molar-refractivity contribution >= 4 is 17.8 Å². The van der Waals surface area contributed by atoms with Gasteiger partial charge >= 0.3 is 0 Å². The monoisotopic (exact) mass is 379 g/mol. The minimum atomic E-state index is -1.34. The van der Waals surface area contributed by atoms with Crippen LogP contribution in [0, 0.1) is 17.0 Å². The zero-order valence-electron chi connectivity index (χ0n) is 14.9. The van der Waals surface area contributed by atoms with Crippen molar-refractivity contribution in [3.8, 4) is 11.3 Å². The molecule has 8 nitrogen and oxygen atoms in total. The molecule has 0 aliphatic carbocycles. The first kappa shape index (κ1) is 19.0. The molecule has 3 rings (SSSR count). The van der Waals surface area contributed by atoms with E-state index in [-0.39, 0.29) is 5.69 Å². The molecule has 2 N–H and O–H groups in total. The normalized spacial score (nSPS) is 12.1. The second kappa shape index (κ2) is 8.28. The van der Waals surface area contributed by atoms with Crippen molar-refractivity contribution < 1.29 is 19.2 Å². The number of hydrogen-bond donors (Lipinski definition) is 2. The fraction of sp³-hybridized carbons (Fsp3) is 0.100. The molecule has 2 aromatic carbocycles. The predicted octanol–water partition coefficient (Wildman–Crippen LogP) is 3.35. The molecule has 1 atom stereocenters. The lowest BCUT2D eigenvalue weighted by Gasteiger charge is -2.08. The second-order valence-corrected chi connectivity index (χ2v) is 6.01. The molecule has 1 amide bonds. The number of aryl methyl sites for hydroxylation is 1. The summed E-state index contributed by atoms with van der Waals surface area (Å²) in [5, 5.41) is 24.7. The molecule has 0 saturated heterocycles. The minimum Gasteiger partial charge on any atom is -0.455 e. The lowest BCUT2D eigenvalue weighted by molar-refractivity contribution is -0.384.